The first kappa shape index (κ1) is 12.1. The van der Waals surface area contributed by atoms with Crippen LogP contribution in [0.5, 0.6) is 0 Å². The van der Waals surface area contributed by atoms with Crippen LogP contribution in [0.2, 0.25) is 0 Å². The van der Waals surface area contributed by atoms with Gasteiger partial charge in [0.1, 0.15) is 6.29 Å². The van der Waals surface area contributed by atoms with Gasteiger partial charge >= 0.3 is 5.97 Å². The van der Waals surface area contributed by atoms with Crippen LogP contribution in [-0.4, -0.2) is 34.9 Å². The van der Waals surface area contributed by atoms with E-state index in [9.17, 15) is 14.7 Å². The first-order chi connectivity index (χ1) is 5.94. The van der Waals surface area contributed by atoms with Crippen molar-refractivity contribution in [3.8, 4) is 0 Å². The molecule has 0 radical (unpaired) electrons. The molecule has 76 valence electrons. The first-order valence-corrected chi connectivity index (χ1v) is 3.97. The second-order valence-electron chi connectivity index (χ2n) is 2.83. The monoisotopic (exact) mass is 190 g/mol. The van der Waals surface area contributed by atoms with Crippen LogP contribution in [0.15, 0.2) is 0 Å². The van der Waals surface area contributed by atoms with E-state index >= 15 is 0 Å². The number of carboxylic acid groups (broad SMARTS) is 1. The minimum Gasteiger partial charge on any atom is -0.481 e. The summed E-state index contributed by atoms with van der Waals surface area (Å²) >= 11 is 0. The number of ether oxygens (including phenoxy) is 1. The van der Waals surface area contributed by atoms with Crippen LogP contribution in [0.3, 0.4) is 0 Å². The maximum atomic E-state index is 10.5. The molecule has 0 spiro atoms. The van der Waals surface area contributed by atoms with E-state index in [0.717, 1.165) is 0 Å². The van der Waals surface area contributed by atoms with Crippen molar-refractivity contribution in [2.45, 2.75) is 26.1 Å². The average molecular weight is 190 g/mol. The topological polar surface area (TPSA) is 83.8 Å². The summed E-state index contributed by atoms with van der Waals surface area (Å²) in [5.41, 5.74) is 0. The van der Waals surface area contributed by atoms with Crippen LogP contribution in [0.4, 0.5) is 0 Å². The SMILES string of the molecule is CCOC(C)(O)C(C=O)CC(=O)O. The van der Waals surface area contributed by atoms with Crippen LogP contribution in [0, 0.1) is 5.92 Å². The van der Waals surface area contributed by atoms with Crippen molar-refractivity contribution in [2.24, 2.45) is 5.92 Å². The van der Waals surface area contributed by atoms with Crippen molar-refractivity contribution in [2.75, 3.05) is 6.61 Å². The minimum absolute atomic E-state index is 0.219. The van der Waals surface area contributed by atoms with Crippen molar-refractivity contribution in [3.05, 3.63) is 0 Å². The Morgan fingerprint density at radius 1 is 1.69 bits per heavy atom. The zero-order valence-corrected chi connectivity index (χ0v) is 7.69. The van der Waals surface area contributed by atoms with Crippen LogP contribution < -0.4 is 0 Å². The number of aliphatic carboxylic acids is 1. The third-order valence-electron chi connectivity index (χ3n) is 1.68. The highest BCUT2D eigenvalue weighted by atomic mass is 16.6. The van der Waals surface area contributed by atoms with Crippen molar-refractivity contribution < 1.29 is 24.5 Å². The number of carbonyl (C=O) groups excluding carboxylic acids is 1. The molecule has 5 nitrogen and oxygen atoms in total. The number of carboxylic acids is 1. The fourth-order valence-electron chi connectivity index (χ4n) is 0.951. The number of hydrogen-bond donors (Lipinski definition) is 2. The molecule has 2 N–H and O–H groups in total. The summed E-state index contributed by atoms with van der Waals surface area (Å²) in [5.74, 6) is -3.88. The molecule has 0 aliphatic rings. The molecule has 0 heterocycles. The van der Waals surface area contributed by atoms with E-state index in [-0.39, 0.29) is 6.61 Å². The summed E-state index contributed by atoms with van der Waals surface area (Å²) in [4.78, 5) is 20.8. The summed E-state index contributed by atoms with van der Waals surface area (Å²) in [6.45, 7) is 3.15. The van der Waals surface area contributed by atoms with E-state index in [2.05, 4.69) is 0 Å². The highest BCUT2D eigenvalue weighted by Gasteiger charge is 2.33. The lowest BCUT2D eigenvalue weighted by Crippen LogP contribution is -2.39. The molecular formula is C8H14O5. The summed E-state index contributed by atoms with van der Waals surface area (Å²) < 4.78 is 4.84. The molecule has 0 saturated carbocycles. The Morgan fingerprint density at radius 2 is 2.23 bits per heavy atom. The van der Waals surface area contributed by atoms with E-state index in [1.54, 1.807) is 6.92 Å². The molecule has 13 heavy (non-hydrogen) atoms. The second-order valence-corrected chi connectivity index (χ2v) is 2.83. The van der Waals surface area contributed by atoms with E-state index in [0.29, 0.717) is 6.29 Å². The molecular weight excluding hydrogens is 176 g/mol. The third-order valence-corrected chi connectivity index (χ3v) is 1.68. The van der Waals surface area contributed by atoms with Crippen molar-refractivity contribution in [1.29, 1.82) is 0 Å². The molecule has 0 fully saturated rings. The molecule has 2 atom stereocenters. The van der Waals surface area contributed by atoms with Crippen LogP contribution in [0.1, 0.15) is 20.3 Å². The third kappa shape index (κ3) is 4.00. The van der Waals surface area contributed by atoms with Gasteiger partial charge in [-0.1, -0.05) is 0 Å². The van der Waals surface area contributed by atoms with Gasteiger partial charge in [-0.05, 0) is 13.8 Å². The predicted octanol–water partition coefficient (Wildman–Crippen LogP) is 0.0212. The van der Waals surface area contributed by atoms with Crippen molar-refractivity contribution in [3.63, 3.8) is 0 Å². The molecule has 0 saturated heterocycles. The standard InChI is InChI=1S/C8H14O5/c1-3-13-8(2,12)6(5-9)4-7(10)11/h5-6,12H,3-4H2,1-2H3,(H,10,11). The van der Waals surface area contributed by atoms with E-state index < -0.39 is 24.1 Å². The zero-order valence-electron chi connectivity index (χ0n) is 7.69. The number of rotatable bonds is 6. The minimum atomic E-state index is -1.70. The zero-order chi connectivity index (χ0) is 10.5. The highest BCUT2D eigenvalue weighted by molar-refractivity contribution is 5.72. The fourth-order valence-corrected chi connectivity index (χ4v) is 0.951. The molecule has 0 amide bonds. The van der Waals surface area contributed by atoms with Crippen LogP contribution in [-0.2, 0) is 14.3 Å². The number of carbonyl (C=O) groups is 2. The van der Waals surface area contributed by atoms with Gasteiger partial charge in [-0.25, -0.2) is 0 Å². The Hall–Kier alpha value is -0.940. The fraction of sp³-hybridized carbons (Fsp3) is 0.750. The molecule has 0 aromatic rings. The summed E-state index contributed by atoms with van der Waals surface area (Å²) in [6, 6.07) is 0. The average Bonchev–Trinajstić information content (AvgIpc) is 1.99. The van der Waals surface area contributed by atoms with Gasteiger partial charge in [0, 0.05) is 6.61 Å². The lowest BCUT2D eigenvalue weighted by atomic mass is 9.98. The van der Waals surface area contributed by atoms with Crippen LogP contribution >= 0.6 is 0 Å². The number of aliphatic hydroxyl groups is 1. The van der Waals surface area contributed by atoms with Crippen LogP contribution in [0.25, 0.3) is 0 Å². The molecule has 0 aliphatic carbocycles. The maximum absolute atomic E-state index is 10.5. The second kappa shape index (κ2) is 4.94. The summed E-state index contributed by atoms with van der Waals surface area (Å²) in [6.07, 6.45) is -0.0414. The van der Waals surface area contributed by atoms with Gasteiger partial charge in [0.15, 0.2) is 5.79 Å². The van der Waals surface area contributed by atoms with Gasteiger partial charge in [-0.3, -0.25) is 4.79 Å². The maximum Gasteiger partial charge on any atom is 0.304 e. The van der Waals surface area contributed by atoms with Gasteiger partial charge in [0.05, 0.1) is 12.3 Å². The quantitative estimate of drug-likeness (QED) is 0.455. The van der Waals surface area contributed by atoms with Gasteiger partial charge in [-0.15, -0.1) is 0 Å². The Morgan fingerprint density at radius 3 is 2.54 bits per heavy atom. The largest absolute Gasteiger partial charge is 0.481 e. The highest BCUT2D eigenvalue weighted by Crippen LogP contribution is 2.20. The summed E-state index contributed by atoms with van der Waals surface area (Å²) in [7, 11) is 0. The number of aldehydes is 1. The Kier molecular flexibility index (Phi) is 4.58. The Labute approximate surface area is 76.3 Å². The molecule has 2 unspecified atom stereocenters. The van der Waals surface area contributed by atoms with Crippen molar-refractivity contribution >= 4 is 12.3 Å². The molecule has 5 heteroatoms. The Bertz CT molecular complexity index is 187. The van der Waals surface area contributed by atoms with Gasteiger partial charge < -0.3 is 19.7 Å². The van der Waals surface area contributed by atoms with Crippen molar-refractivity contribution in [1.82, 2.24) is 0 Å². The van der Waals surface area contributed by atoms with E-state index in [4.69, 9.17) is 9.84 Å². The van der Waals surface area contributed by atoms with Gasteiger partial charge in [0.25, 0.3) is 0 Å². The molecule has 0 rings (SSSR count). The van der Waals surface area contributed by atoms with E-state index in [1.165, 1.54) is 6.92 Å². The molecule has 0 aromatic heterocycles. The normalized spacial score (nSPS) is 17.5. The lowest BCUT2D eigenvalue weighted by Gasteiger charge is -2.27. The predicted molar refractivity (Wildman–Crippen MR) is 44.1 cm³/mol. The Balaban J connectivity index is 4.36. The summed E-state index contributed by atoms with van der Waals surface area (Å²) in [5, 5.41) is 17.9. The van der Waals surface area contributed by atoms with E-state index in [1.807, 2.05) is 0 Å². The van der Waals surface area contributed by atoms with Gasteiger partial charge in [0.2, 0.25) is 0 Å². The first-order valence-electron chi connectivity index (χ1n) is 3.97. The molecule has 0 bridgehead atoms. The molecule has 0 aliphatic heterocycles. The number of hydrogen-bond acceptors (Lipinski definition) is 4. The van der Waals surface area contributed by atoms with Gasteiger partial charge in [-0.2, -0.15) is 0 Å². The smallest absolute Gasteiger partial charge is 0.304 e. The molecule has 0 aromatic carbocycles. The lowest BCUT2D eigenvalue weighted by molar-refractivity contribution is -0.218.